The lowest BCUT2D eigenvalue weighted by Gasteiger charge is -2.24. The predicted molar refractivity (Wildman–Crippen MR) is 76.0 cm³/mol. The minimum absolute atomic E-state index is 0.179. The van der Waals surface area contributed by atoms with Crippen LogP contribution in [0.4, 0.5) is 0 Å². The topological polar surface area (TPSA) is 20.3 Å². The van der Waals surface area contributed by atoms with E-state index in [0.29, 0.717) is 6.04 Å². The van der Waals surface area contributed by atoms with Crippen LogP contribution in [0.3, 0.4) is 0 Å². The molecule has 0 unspecified atom stereocenters. The quantitative estimate of drug-likeness (QED) is 0.834. The molecule has 0 N–H and O–H groups in total. The Morgan fingerprint density at radius 3 is 3.06 bits per heavy atom. The Balaban J connectivity index is 1.93. The summed E-state index contributed by atoms with van der Waals surface area (Å²) in [6.45, 7) is 2.21. The summed E-state index contributed by atoms with van der Waals surface area (Å²) in [6.07, 6.45) is 3.57. The maximum Gasteiger partial charge on any atom is 0.254 e. The molecule has 0 radical (unpaired) electrons. The van der Waals surface area contributed by atoms with Crippen LogP contribution in [0.1, 0.15) is 36.5 Å². The molecular formula is C13H19NOS2. The SMILES string of the molecule is CCS[C@@H]1CC[C@@H](N(C)C(=O)c2ccsc2)C1. The molecule has 0 saturated heterocycles. The molecule has 2 atom stereocenters. The van der Waals surface area contributed by atoms with Gasteiger partial charge in [0.15, 0.2) is 0 Å². The van der Waals surface area contributed by atoms with E-state index in [4.69, 9.17) is 0 Å². The van der Waals surface area contributed by atoms with Gasteiger partial charge < -0.3 is 4.90 Å². The van der Waals surface area contributed by atoms with Crippen LogP contribution in [0.2, 0.25) is 0 Å². The molecule has 0 spiro atoms. The second kappa shape index (κ2) is 5.91. The number of carbonyl (C=O) groups excluding carboxylic acids is 1. The van der Waals surface area contributed by atoms with Crippen LogP contribution in [-0.4, -0.2) is 34.9 Å². The van der Waals surface area contributed by atoms with E-state index in [0.717, 1.165) is 23.7 Å². The Hall–Kier alpha value is -0.480. The summed E-state index contributed by atoms with van der Waals surface area (Å²) in [7, 11) is 1.95. The number of rotatable bonds is 4. The third-order valence-electron chi connectivity index (χ3n) is 3.40. The fourth-order valence-electron chi connectivity index (χ4n) is 2.41. The molecule has 0 aromatic carbocycles. The predicted octanol–water partition coefficient (Wildman–Crippen LogP) is 3.49. The van der Waals surface area contributed by atoms with Crippen molar-refractivity contribution in [2.45, 2.75) is 37.5 Å². The van der Waals surface area contributed by atoms with E-state index < -0.39 is 0 Å². The molecule has 1 saturated carbocycles. The first-order valence-electron chi connectivity index (χ1n) is 6.13. The van der Waals surface area contributed by atoms with Crippen molar-refractivity contribution in [3.05, 3.63) is 22.4 Å². The van der Waals surface area contributed by atoms with E-state index in [1.165, 1.54) is 12.2 Å². The van der Waals surface area contributed by atoms with Crippen LogP contribution in [0.5, 0.6) is 0 Å². The van der Waals surface area contributed by atoms with Gasteiger partial charge in [0.05, 0.1) is 5.56 Å². The molecule has 0 aliphatic heterocycles. The summed E-state index contributed by atoms with van der Waals surface area (Å²) in [5.74, 6) is 1.36. The average Bonchev–Trinajstić information content (AvgIpc) is 2.98. The summed E-state index contributed by atoms with van der Waals surface area (Å²) in [5.41, 5.74) is 0.837. The molecule has 1 heterocycles. The third kappa shape index (κ3) is 3.05. The van der Waals surface area contributed by atoms with Crippen LogP contribution < -0.4 is 0 Å². The first-order valence-corrected chi connectivity index (χ1v) is 8.12. The Labute approximate surface area is 111 Å². The van der Waals surface area contributed by atoms with Gasteiger partial charge in [-0.1, -0.05) is 6.92 Å². The molecule has 2 rings (SSSR count). The fourth-order valence-corrected chi connectivity index (χ4v) is 4.17. The van der Waals surface area contributed by atoms with E-state index in [1.807, 2.05) is 40.5 Å². The van der Waals surface area contributed by atoms with Crippen LogP contribution >= 0.6 is 23.1 Å². The number of thiophene rings is 1. The van der Waals surface area contributed by atoms with Gasteiger partial charge in [0.25, 0.3) is 5.91 Å². The normalized spacial score (nSPS) is 23.9. The van der Waals surface area contributed by atoms with E-state index in [-0.39, 0.29) is 5.91 Å². The zero-order valence-corrected chi connectivity index (χ0v) is 12.0. The number of thioether (sulfide) groups is 1. The highest BCUT2D eigenvalue weighted by atomic mass is 32.2. The Morgan fingerprint density at radius 2 is 2.41 bits per heavy atom. The average molecular weight is 269 g/mol. The van der Waals surface area contributed by atoms with Gasteiger partial charge in [-0.25, -0.2) is 0 Å². The number of nitrogens with zero attached hydrogens (tertiary/aromatic N) is 1. The molecule has 4 heteroatoms. The summed E-state index contributed by atoms with van der Waals surface area (Å²) >= 11 is 3.62. The molecule has 94 valence electrons. The van der Waals surface area contributed by atoms with Crippen molar-refractivity contribution in [3.63, 3.8) is 0 Å². The molecule has 1 aromatic rings. The van der Waals surface area contributed by atoms with E-state index in [1.54, 1.807) is 11.3 Å². The first-order chi connectivity index (χ1) is 8.22. The second-order valence-corrected chi connectivity index (χ2v) is 6.83. The molecule has 17 heavy (non-hydrogen) atoms. The van der Waals surface area contributed by atoms with Gasteiger partial charge >= 0.3 is 0 Å². The fraction of sp³-hybridized carbons (Fsp3) is 0.615. The lowest BCUT2D eigenvalue weighted by molar-refractivity contribution is 0.0736. The Bertz CT molecular complexity index is 364. The monoisotopic (exact) mass is 269 g/mol. The van der Waals surface area contributed by atoms with Crippen molar-refractivity contribution >= 4 is 29.0 Å². The van der Waals surface area contributed by atoms with E-state index >= 15 is 0 Å². The van der Waals surface area contributed by atoms with Crippen LogP contribution in [0.15, 0.2) is 16.8 Å². The summed E-state index contributed by atoms with van der Waals surface area (Å²) in [6, 6.07) is 2.35. The lowest BCUT2D eigenvalue weighted by atomic mass is 10.2. The third-order valence-corrected chi connectivity index (χ3v) is 5.31. The lowest BCUT2D eigenvalue weighted by Crippen LogP contribution is -2.35. The van der Waals surface area contributed by atoms with Gasteiger partial charge in [0, 0.05) is 23.7 Å². The second-order valence-electron chi connectivity index (χ2n) is 4.47. The highest BCUT2D eigenvalue weighted by Crippen LogP contribution is 2.32. The van der Waals surface area contributed by atoms with Crippen molar-refractivity contribution in [1.29, 1.82) is 0 Å². The smallest absolute Gasteiger partial charge is 0.254 e. The van der Waals surface area contributed by atoms with Crippen molar-refractivity contribution in [2.24, 2.45) is 0 Å². The van der Waals surface area contributed by atoms with Crippen molar-refractivity contribution < 1.29 is 4.79 Å². The number of carbonyl (C=O) groups is 1. The molecule has 1 aliphatic carbocycles. The zero-order valence-electron chi connectivity index (χ0n) is 10.4. The first kappa shape index (κ1) is 13.0. The van der Waals surface area contributed by atoms with Gasteiger partial charge in [0.1, 0.15) is 0 Å². The summed E-state index contributed by atoms with van der Waals surface area (Å²) < 4.78 is 0. The minimum atomic E-state index is 0.179. The largest absolute Gasteiger partial charge is 0.339 e. The molecule has 1 fully saturated rings. The van der Waals surface area contributed by atoms with Gasteiger partial charge in [-0.15, -0.1) is 0 Å². The van der Waals surface area contributed by atoms with Crippen LogP contribution in [-0.2, 0) is 0 Å². The maximum absolute atomic E-state index is 12.2. The minimum Gasteiger partial charge on any atom is -0.339 e. The molecule has 1 aliphatic rings. The van der Waals surface area contributed by atoms with Gasteiger partial charge in [-0.3, -0.25) is 4.79 Å². The van der Waals surface area contributed by atoms with Gasteiger partial charge in [-0.05, 0) is 36.5 Å². The zero-order chi connectivity index (χ0) is 12.3. The Kier molecular flexibility index (Phi) is 4.51. The number of hydrogen-bond acceptors (Lipinski definition) is 3. The summed E-state index contributed by atoms with van der Waals surface area (Å²) in [5, 5.41) is 4.65. The molecule has 2 nitrogen and oxygen atoms in total. The molecule has 1 aromatic heterocycles. The number of hydrogen-bond donors (Lipinski definition) is 0. The van der Waals surface area contributed by atoms with E-state index in [9.17, 15) is 4.79 Å². The highest BCUT2D eigenvalue weighted by molar-refractivity contribution is 7.99. The number of amides is 1. The highest BCUT2D eigenvalue weighted by Gasteiger charge is 2.30. The van der Waals surface area contributed by atoms with Crippen LogP contribution in [0, 0.1) is 0 Å². The maximum atomic E-state index is 12.2. The van der Waals surface area contributed by atoms with Gasteiger partial charge in [0.2, 0.25) is 0 Å². The molecular weight excluding hydrogens is 250 g/mol. The van der Waals surface area contributed by atoms with Crippen molar-refractivity contribution in [3.8, 4) is 0 Å². The molecule has 0 bridgehead atoms. The van der Waals surface area contributed by atoms with Crippen molar-refractivity contribution in [1.82, 2.24) is 4.90 Å². The van der Waals surface area contributed by atoms with Crippen molar-refractivity contribution in [2.75, 3.05) is 12.8 Å². The summed E-state index contributed by atoms with van der Waals surface area (Å²) in [4.78, 5) is 14.1. The van der Waals surface area contributed by atoms with Gasteiger partial charge in [-0.2, -0.15) is 23.1 Å². The van der Waals surface area contributed by atoms with Crippen LogP contribution in [0.25, 0.3) is 0 Å². The standard InChI is InChI=1S/C13H19NOS2/c1-3-17-12-5-4-11(8-12)14(2)13(15)10-6-7-16-9-10/h6-7,9,11-12H,3-5,8H2,1-2H3/t11-,12-/m1/s1. The Morgan fingerprint density at radius 1 is 1.59 bits per heavy atom. The van der Waals surface area contributed by atoms with E-state index in [2.05, 4.69) is 6.92 Å². The molecule has 1 amide bonds.